The summed E-state index contributed by atoms with van der Waals surface area (Å²) in [6.45, 7) is 6.66. The van der Waals surface area contributed by atoms with E-state index in [-0.39, 0.29) is 0 Å². The molecule has 0 amide bonds. The zero-order chi connectivity index (χ0) is 10.9. The first kappa shape index (κ1) is 12.2. The van der Waals surface area contributed by atoms with Crippen molar-refractivity contribution >= 4 is 0 Å². The fourth-order valence-corrected chi connectivity index (χ4v) is 1.32. The highest BCUT2D eigenvalue weighted by Gasteiger charge is 1.99. The molecule has 4 nitrogen and oxygen atoms in total. The van der Waals surface area contributed by atoms with Crippen LogP contribution < -0.4 is 0 Å². The second kappa shape index (κ2) is 7.40. The van der Waals surface area contributed by atoms with Crippen molar-refractivity contribution in [1.29, 1.82) is 0 Å². The molecule has 0 saturated carbocycles. The van der Waals surface area contributed by atoms with E-state index >= 15 is 0 Å². The number of hydrogen-bond acceptors (Lipinski definition) is 3. The first-order valence-electron chi connectivity index (χ1n) is 5.83. The summed E-state index contributed by atoms with van der Waals surface area (Å²) in [5.74, 6) is 0. The molecular formula is C11H21N3O. The van der Waals surface area contributed by atoms with Crippen molar-refractivity contribution in [3.8, 4) is 0 Å². The molecule has 1 aromatic heterocycles. The molecule has 0 radical (unpaired) electrons. The highest BCUT2D eigenvalue weighted by atomic mass is 16.5. The summed E-state index contributed by atoms with van der Waals surface area (Å²) in [5.41, 5.74) is 1.09. The summed E-state index contributed by atoms with van der Waals surface area (Å²) >= 11 is 0. The van der Waals surface area contributed by atoms with Crippen LogP contribution in [0.4, 0.5) is 0 Å². The van der Waals surface area contributed by atoms with Crippen LogP contribution in [0, 0.1) is 0 Å². The quantitative estimate of drug-likeness (QED) is 0.618. The van der Waals surface area contributed by atoms with Gasteiger partial charge in [-0.3, -0.25) is 0 Å². The van der Waals surface area contributed by atoms with E-state index in [9.17, 15) is 0 Å². The Morgan fingerprint density at radius 3 is 2.87 bits per heavy atom. The van der Waals surface area contributed by atoms with Crippen molar-refractivity contribution in [3.05, 3.63) is 11.9 Å². The Morgan fingerprint density at radius 2 is 2.13 bits per heavy atom. The Balaban J connectivity index is 2.20. The molecule has 0 aliphatic rings. The molecule has 0 saturated heterocycles. The minimum Gasteiger partial charge on any atom is -0.380 e. The SMILES string of the molecule is CCCCc1cn(CCOCCC)nn1. The van der Waals surface area contributed by atoms with E-state index in [2.05, 4.69) is 24.2 Å². The van der Waals surface area contributed by atoms with Crippen LogP contribution in [0.2, 0.25) is 0 Å². The van der Waals surface area contributed by atoms with E-state index in [1.54, 1.807) is 0 Å². The Hall–Kier alpha value is -0.900. The van der Waals surface area contributed by atoms with Gasteiger partial charge in [0.15, 0.2) is 0 Å². The van der Waals surface area contributed by atoms with Crippen molar-refractivity contribution in [2.45, 2.75) is 46.1 Å². The Kier molecular flexibility index (Phi) is 6.00. The topological polar surface area (TPSA) is 39.9 Å². The number of nitrogens with zero attached hydrogens (tertiary/aromatic N) is 3. The van der Waals surface area contributed by atoms with Crippen molar-refractivity contribution < 1.29 is 4.74 Å². The minimum atomic E-state index is 0.727. The minimum absolute atomic E-state index is 0.727. The molecule has 0 fully saturated rings. The summed E-state index contributed by atoms with van der Waals surface area (Å²) in [7, 11) is 0. The Bertz CT molecular complexity index is 260. The van der Waals surface area contributed by atoms with Crippen LogP contribution in [0.3, 0.4) is 0 Å². The summed E-state index contributed by atoms with van der Waals surface area (Å²) in [4.78, 5) is 0. The molecule has 0 bridgehead atoms. The van der Waals surface area contributed by atoms with Crippen molar-refractivity contribution in [1.82, 2.24) is 15.0 Å². The zero-order valence-corrected chi connectivity index (χ0v) is 9.78. The average Bonchev–Trinajstić information content (AvgIpc) is 2.69. The van der Waals surface area contributed by atoms with Gasteiger partial charge in [0.2, 0.25) is 0 Å². The fraction of sp³-hybridized carbons (Fsp3) is 0.818. The number of ether oxygens (including phenoxy) is 1. The van der Waals surface area contributed by atoms with Crippen LogP contribution in [-0.4, -0.2) is 28.2 Å². The lowest BCUT2D eigenvalue weighted by molar-refractivity contribution is 0.124. The van der Waals surface area contributed by atoms with E-state index in [1.165, 1.54) is 12.8 Å². The van der Waals surface area contributed by atoms with Crippen LogP contribution in [-0.2, 0) is 17.7 Å². The number of aryl methyl sites for hydroxylation is 1. The van der Waals surface area contributed by atoms with Crippen LogP contribution in [0.1, 0.15) is 38.8 Å². The van der Waals surface area contributed by atoms with Gasteiger partial charge in [-0.25, -0.2) is 4.68 Å². The summed E-state index contributed by atoms with van der Waals surface area (Å²) in [5, 5.41) is 8.16. The van der Waals surface area contributed by atoms with Crippen LogP contribution in [0.25, 0.3) is 0 Å². The zero-order valence-electron chi connectivity index (χ0n) is 9.78. The molecular weight excluding hydrogens is 190 g/mol. The van der Waals surface area contributed by atoms with Crippen LogP contribution in [0.15, 0.2) is 6.20 Å². The molecule has 0 aromatic carbocycles. The lowest BCUT2D eigenvalue weighted by atomic mass is 10.2. The molecule has 86 valence electrons. The standard InChI is InChI=1S/C11H21N3O/c1-3-5-6-11-10-14(13-12-11)7-9-15-8-4-2/h10H,3-9H2,1-2H3. The predicted molar refractivity (Wildman–Crippen MR) is 59.7 cm³/mol. The molecule has 1 heterocycles. The Morgan fingerprint density at radius 1 is 1.27 bits per heavy atom. The number of rotatable bonds is 8. The average molecular weight is 211 g/mol. The van der Waals surface area contributed by atoms with Gasteiger partial charge in [0.05, 0.1) is 18.8 Å². The molecule has 0 N–H and O–H groups in total. The molecule has 0 atom stereocenters. The van der Waals surface area contributed by atoms with Crippen molar-refractivity contribution in [2.24, 2.45) is 0 Å². The van der Waals surface area contributed by atoms with Gasteiger partial charge in [-0.15, -0.1) is 5.10 Å². The van der Waals surface area contributed by atoms with Gasteiger partial charge in [-0.2, -0.15) is 0 Å². The highest BCUT2D eigenvalue weighted by molar-refractivity contribution is 4.91. The van der Waals surface area contributed by atoms with E-state index < -0.39 is 0 Å². The number of unbranched alkanes of at least 4 members (excludes halogenated alkanes) is 1. The van der Waals surface area contributed by atoms with E-state index in [4.69, 9.17) is 4.74 Å². The Labute approximate surface area is 91.6 Å². The van der Waals surface area contributed by atoms with Crippen LogP contribution in [0.5, 0.6) is 0 Å². The molecule has 1 rings (SSSR count). The molecule has 0 aliphatic heterocycles. The second-order valence-corrected chi connectivity index (χ2v) is 3.69. The van der Waals surface area contributed by atoms with Gasteiger partial charge >= 0.3 is 0 Å². The van der Waals surface area contributed by atoms with E-state index in [0.717, 1.165) is 38.3 Å². The first-order chi connectivity index (χ1) is 7.36. The molecule has 0 aliphatic carbocycles. The maximum atomic E-state index is 5.39. The van der Waals surface area contributed by atoms with Crippen LogP contribution >= 0.6 is 0 Å². The maximum absolute atomic E-state index is 5.39. The molecule has 15 heavy (non-hydrogen) atoms. The second-order valence-electron chi connectivity index (χ2n) is 3.69. The van der Waals surface area contributed by atoms with E-state index in [0.29, 0.717) is 0 Å². The summed E-state index contributed by atoms with van der Waals surface area (Å²) < 4.78 is 7.25. The third-order valence-electron chi connectivity index (χ3n) is 2.19. The highest BCUT2D eigenvalue weighted by Crippen LogP contribution is 2.00. The maximum Gasteiger partial charge on any atom is 0.0827 e. The molecule has 0 spiro atoms. The van der Waals surface area contributed by atoms with Gasteiger partial charge in [0.1, 0.15) is 0 Å². The predicted octanol–water partition coefficient (Wildman–Crippen LogP) is 2.05. The third kappa shape index (κ3) is 4.93. The van der Waals surface area contributed by atoms with E-state index in [1.807, 2.05) is 10.9 Å². The van der Waals surface area contributed by atoms with Gasteiger partial charge in [-0.1, -0.05) is 25.5 Å². The largest absolute Gasteiger partial charge is 0.380 e. The van der Waals surface area contributed by atoms with Gasteiger partial charge in [0, 0.05) is 12.8 Å². The van der Waals surface area contributed by atoms with Crippen molar-refractivity contribution in [2.75, 3.05) is 13.2 Å². The van der Waals surface area contributed by atoms with Gasteiger partial charge in [0.25, 0.3) is 0 Å². The first-order valence-corrected chi connectivity index (χ1v) is 5.83. The lowest BCUT2D eigenvalue weighted by Gasteiger charge is -2.01. The smallest absolute Gasteiger partial charge is 0.0827 e. The number of hydrogen-bond donors (Lipinski definition) is 0. The molecule has 4 heteroatoms. The van der Waals surface area contributed by atoms with Crippen molar-refractivity contribution in [3.63, 3.8) is 0 Å². The normalized spacial score (nSPS) is 10.8. The van der Waals surface area contributed by atoms with Gasteiger partial charge in [-0.05, 0) is 19.3 Å². The third-order valence-corrected chi connectivity index (χ3v) is 2.19. The summed E-state index contributed by atoms with van der Waals surface area (Å²) in [6.07, 6.45) is 6.51. The molecule has 0 unspecified atom stereocenters. The molecule has 1 aromatic rings. The monoisotopic (exact) mass is 211 g/mol. The fourth-order valence-electron chi connectivity index (χ4n) is 1.32. The summed E-state index contributed by atoms with van der Waals surface area (Å²) in [6, 6.07) is 0. The van der Waals surface area contributed by atoms with Gasteiger partial charge < -0.3 is 4.74 Å². The number of aromatic nitrogens is 3. The lowest BCUT2D eigenvalue weighted by Crippen LogP contribution is -2.07.